The molecular weight excluding hydrogens is 620 g/mol. The minimum atomic E-state index is -5.00. The molecule has 0 aromatic heterocycles. The molecule has 0 saturated heterocycles. The van der Waals surface area contributed by atoms with Crippen LogP contribution in [-0.4, -0.2) is 25.9 Å². The van der Waals surface area contributed by atoms with E-state index < -0.39 is 30.0 Å². The minimum absolute atomic E-state index is 0. The third kappa shape index (κ3) is 12.3. The number of hydrogen-bond acceptors (Lipinski definition) is 12. The maximum absolute atomic E-state index is 11.9. The van der Waals surface area contributed by atoms with Crippen LogP contribution in [0.25, 0.3) is 12.2 Å². The zero-order valence-electron chi connectivity index (χ0n) is 24.1. The van der Waals surface area contributed by atoms with Gasteiger partial charge in [0.2, 0.25) is 0 Å². The van der Waals surface area contributed by atoms with Gasteiger partial charge in [0, 0.05) is 0 Å². The summed E-state index contributed by atoms with van der Waals surface area (Å²) in [6, 6.07) is 18.0. The van der Waals surface area contributed by atoms with Crippen LogP contribution in [0.15, 0.2) is 115 Å². The van der Waals surface area contributed by atoms with E-state index in [0.29, 0.717) is 11.4 Å². The van der Waals surface area contributed by atoms with Gasteiger partial charge < -0.3 is 19.3 Å². The summed E-state index contributed by atoms with van der Waals surface area (Å²) in [4.78, 5) is -1.31. The molecule has 0 atom stereocenters. The van der Waals surface area contributed by atoms with Crippen LogP contribution >= 0.6 is 0 Å². The van der Waals surface area contributed by atoms with Gasteiger partial charge in [0.25, 0.3) is 0 Å². The first kappa shape index (κ1) is 42.4. The van der Waals surface area contributed by atoms with Crippen LogP contribution in [0.3, 0.4) is 0 Å². The first-order valence-corrected chi connectivity index (χ1v) is 14.0. The van der Waals surface area contributed by atoms with E-state index in [1.165, 1.54) is 72.8 Å². The van der Waals surface area contributed by atoms with Gasteiger partial charge in [-0.05, 0) is 59.7 Å². The molecule has 0 N–H and O–H groups in total. The molecule has 0 radical (unpaired) electrons. The van der Waals surface area contributed by atoms with Gasteiger partial charge in [-0.1, -0.05) is 48.6 Å². The molecule has 0 heterocycles. The molecule has 12 nitrogen and oxygen atoms in total. The van der Waals surface area contributed by atoms with Crippen LogP contribution in [0.1, 0.15) is 11.1 Å². The van der Waals surface area contributed by atoms with E-state index in [1.807, 2.05) is 0 Å². The third-order valence-corrected chi connectivity index (χ3v) is 7.00. The molecule has 204 valence electrons. The topological polar surface area (TPSA) is 210 Å². The van der Waals surface area contributed by atoms with Crippen molar-refractivity contribution in [2.24, 2.45) is 20.5 Å². The van der Waals surface area contributed by atoms with Gasteiger partial charge in [-0.2, -0.15) is 20.5 Å². The Morgan fingerprint density at radius 1 is 0.477 bits per heavy atom. The molecule has 0 unspecified atom stereocenters. The molecule has 18 heteroatoms. The van der Waals surface area contributed by atoms with Crippen molar-refractivity contribution in [2.45, 2.75) is 9.79 Å². The summed E-state index contributed by atoms with van der Waals surface area (Å²) in [5.74, 6) is -0.456. The second-order valence-electron chi connectivity index (χ2n) is 8.07. The SMILES string of the molecule is O=S(=O)([O-])c1cc(N=Nc2ccc([O-])cc2)ccc1C=Cc1ccc(N=Nc2ccc([O-])cc2)cc1S(=O)(=O)[O-].[Li+].[Li+].[Na+].[Na+]. The first-order valence-electron chi connectivity index (χ1n) is 11.1. The van der Waals surface area contributed by atoms with Crippen molar-refractivity contribution in [3.63, 3.8) is 0 Å². The number of azo groups is 2. The largest absolute Gasteiger partial charge is 1.00 e. The molecule has 0 amide bonds. The van der Waals surface area contributed by atoms with Crippen LogP contribution in [0.4, 0.5) is 22.7 Å². The van der Waals surface area contributed by atoms with E-state index in [4.69, 9.17) is 0 Å². The fourth-order valence-electron chi connectivity index (χ4n) is 3.32. The number of benzene rings is 4. The molecule has 44 heavy (non-hydrogen) atoms. The van der Waals surface area contributed by atoms with Crippen LogP contribution < -0.4 is 107 Å². The molecule has 4 aromatic rings. The van der Waals surface area contributed by atoms with E-state index in [-0.39, 0.29) is 131 Å². The Bertz CT molecular complexity index is 1740. The standard InChI is InChI=1S/C26H20N4O8S2.2Li.2Na/c31-23-11-7-19(8-12-23)27-29-21-5-3-17(25(15-21)39(33,34)35)1-2-18-4-6-22(16-26(18)40(36,37)38)30-28-20-9-13-24(32)14-10-20;;;;/h1-16,31-32H,(H,33,34,35)(H,36,37,38);;;;/q;4*+1/p-4. The molecule has 4 aromatic carbocycles. The zero-order valence-corrected chi connectivity index (χ0v) is 29.7. The van der Waals surface area contributed by atoms with Crippen LogP contribution in [0.5, 0.6) is 11.5 Å². The average Bonchev–Trinajstić information content (AvgIpc) is 2.90. The van der Waals surface area contributed by atoms with Gasteiger partial charge in [-0.25, -0.2) is 16.8 Å². The second-order valence-corrected chi connectivity index (χ2v) is 10.8. The number of hydrogen-bond donors (Lipinski definition) is 0. The first-order chi connectivity index (χ1) is 18.9. The van der Waals surface area contributed by atoms with Gasteiger partial charge in [0.1, 0.15) is 20.2 Å². The fraction of sp³-hybridized carbons (Fsp3) is 0. The molecular formula is C26H16Li2N4Na2O8S2. The minimum Gasteiger partial charge on any atom is -0.872 e. The fourth-order valence-corrected chi connectivity index (χ4v) is 4.69. The zero-order chi connectivity index (χ0) is 28.9. The Balaban J connectivity index is 0.00000462. The summed E-state index contributed by atoms with van der Waals surface area (Å²) in [5, 5.41) is 37.9. The van der Waals surface area contributed by atoms with E-state index in [2.05, 4.69) is 20.5 Å². The molecule has 0 spiro atoms. The predicted molar refractivity (Wildman–Crippen MR) is 138 cm³/mol. The van der Waals surface area contributed by atoms with E-state index >= 15 is 0 Å². The molecule has 0 fully saturated rings. The maximum Gasteiger partial charge on any atom is 1.00 e. The van der Waals surface area contributed by atoms with Crippen molar-refractivity contribution in [3.05, 3.63) is 96.1 Å². The second kappa shape index (κ2) is 18.5. The number of nitrogens with zero attached hydrogens (tertiary/aromatic N) is 4. The monoisotopic (exact) mass is 636 g/mol. The Hall–Kier alpha value is -1.57. The van der Waals surface area contributed by atoms with Crippen LogP contribution in [0, 0.1) is 0 Å². The average molecular weight is 636 g/mol. The Kier molecular flexibility index (Phi) is 17.9. The normalized spacial score (nSPS) is 11.4. The van der Waals surface area contributed by atoms with Gasteiger partial charge in [0.05, 0.1) is 32.5 Å². The van der Waals surface area contributed by atoms with Crippen LogP contribution in [0.2, 0.25) is 0 Å². The van der Waals surface area contributed by atoms with Crippen molar-refractivity contribution in [1.82, 2.24) is 0 Å². The van der Waals surface area contributed by atoms with Crippen molar-refractivity contribution < 1.29 is 133 Å². The smallest absolute Gasteiger partial charge is 0.872 e. The van der Waals surface area contributed by atoms with Crippen LogP contribution in [-0.2, 0) is 20.2 Å². The summed E-state index contributed by atoms with van der Waals surface area (Å²) in [7, 11) is -10.0. The van der Waals surface area contributed by atoms with Gasteiger partial charge in [-0.3, -0.25) is 0 Å². The Morgan fingerprint density at radius 2 is 0.750 bits per heavy atom. The van der Waals surface area contributed by atoms with Gasteiger partial charge in [-0.15, -0.1) is 11.5 Å². The summed E-state index contributed by atoms with van der Waals surface area (Å²) < 4.78 is 71.5. The maximum atomic E-state index is 11.9. The Morgan fingerprint density at radius 3 is 1.05 bits per heavy atom. The molecule has 4 rings (SSSR count). The summed E-state index contributed by atoms with van der Waals surface area (Å²) in [6.45, 7) is 0. The molecule has 0 aliphatic rings. The molecule has 0 aliphatic carbocycles. The Labute approximate surface area is 322 Å². The van der Waals surface area contributed by atoms with E-state index in [9.17, 15) is 36.2 Å². The van der Waals surface area contributed by atoms with Crippen molar-refractivity contribution in [3.8, 4) is 11.5 Å². The molecule has 0 saturated carbocycles. The summed E-state index contributed by atoms with van der Waals surface area (Å²) in [6.07, 6.45) is 2.32. The van der Waals surface area contributed by atoms with E-state index in [0.717, 1.165) is 24.3 Å². The molecule has 0 aliphatic heterocycles. The van der Waals surface area contributed by atoms with Crippen molar-refractivity contribution >= 4 is 55.1 Å². The molecule has 0 bridgehead atoms. The van der Waals surface area contributed by atoms with Gasteiger partial charge in [0.15, 0.2) is 0 Å². The summed E-state index contributed by atoms with van der Waals surface area (Å²) >= 11 is 0. The summed E-state index contributed by atoms with van der Waals surface area (Å²) in [5.41, 5.74) is 0.518. The third-order valence-electron chi connectivity index (χ3n) is 5.21. The number of rotatable bonds is 8. The van der Waals surface area contributed by atoms with E-state index in [1.54, 1.807) is 0 Å². The van der Waals surface area contributed by atoms with Gasteiger partial charge >= 0.3 is 96.8 Å². The van der Waals surface area contributed by atoms with Crippen molar-refractivity contribution in [1.29, 1.82) is 0 Å². The quantitative estimate of drug-likeness (QED) is 0.0783. The predicted octanol–water partition coefficient (Wildman–Crippen LogP) is -7.34. The van der Waals surface area contributed by atoms with Crippen molar-refractivity contribution in [2.75, 3.05) is 0 Å².